The molecule has 0 bridgehead atoms. The minimum Gasteiger partial charge on any atom is -0.457 e. The van der Waals surface area contributed by atoms with Crippen LogP contribution in [0.2, 0.25) is 0 Å². The van der Waals surface area contributed by atoms with Crippen LogP contribution in [0.25, 0.3) is 5.69 Å². The van der Waals surface area contributed by atoms with E-state index in [1.54, 1.807) is 37.6 Å². The third kappa shape index (κ3) is 4.53. The van der Waals surface area contributed by atoms with E-state index in [-0.39, 0.29) is 11.5 Å². The maximum atomic E-state index is 13.2. The smallest absolute Gasteiger partial charge is 0.359 e. The first-order valence-corrected chi connectivity index (χ1v) is 9.00. The van der Waals surface area contributed by atoms with Crippen molar-refractivity contribution in [3.05, 3.63) is 47.0 Å². The molecule has 3 rings (SSSR count). The zero-order valence-corrected chi connectivity index (χ0v) is 15.8. The molecule has 0 saturated heterocycles. The summed E-state index contributed by atoms with van der Waals surface area (Å²) in [4.78, 5) is 24.3. The fraction of sp³-hybridized carbons (Fsp3) is 0.450. The molecule has 7 heteroatoms. The van der Waals surface area contributed by atoms with Gasteiger partial charge < -0.3 is 9.47 Å². The van der Waals surface area contributed by atoms with E-state index in [1.165, 1.54) is 12.1 Å². The number of fused-ring (bicyclic) bond motifs is 1. The average Bonchev–Trinajstić information content (AvgIpc) is 2.99. The van der Waals surface area contributed by atoms with Crippen LogP contribution in [-0.4, -0.2) is 33.9 Å². The first kappa shape index (κ1) is 19.1. The van der Waals surface area contributed by atoms with E-state index < -0.39 is 24.1 Å². The second-order valence-electron chi connectivity index (χ2n) is 7.53. The van der Waals surface area contributed by atoms with E-state index in [4.69, 9.17) is 9.47 Å². The topological polar surface area (TPSA) is 70.4 Å². The number of carbonyl (C=O) groups is 2. The molecule has 1 aromatic carbocycles. The number of aromatic nitrogens is 2. The third-order valence-electron chi connectivity index (χ3n) is 4.19. The molecule has 0 radical (unpaired) electrons. The highest BCUT2D eigenvalue weighted by atomic mass is 19.1. The normalized spacial score (nSPS) is 13.8. The molecule has 0 saturated carbocycles. The maximum Gasteiger partial charge on any atom is 0.359 e. The molecule has 0 amide bonds. The summed E-state index contributed by atoms with van der Waals surface area (Å²) in [6.07, 6.45) is 3.44. The summed E-state index contributed by atoms with van der Waals surface area (Å²) < 4.78 is 25.2. The van der Waals surface area contributed by atoms with Gasteiger partial charge >= 0.3 is 11.9 Å². The van der Waals surface area contributed by atoms with Crippen molar-refractivity contribution in [3.63, 3.8) is 0 Å². The summed E-state index contributed by atoms with van der Waals surface area (Å²) in [5.74, 6) is -1.60. The Labute approximate surface area is 157 Å². The Balaban J connectivity index is 1.82. The molecule has 1 aliphatic carbocycles. The minimum atomic E-state index is -0.653. The van der Waals surface area contributed by atoms with Crippen LogP contribution in [0.4, 0.5) is 4.39 Å². The van der Waals surface area contributed by atoms with Gasteiger partial charge in [-0.2, -0.15) is 5.10 Å². The fourth-order valence-electron chi connectivity index (χ4n) is 3.12. The van der Waals surface area contributed by atoms with Gasteiger partial charge in [-0.05, 0) is 70.7 Å². The lowest BCUT2D eigenvalue weighted by Gasteiger charge is -2.19. The molecule has 0 aliphatic heterocycles. The lowest BCUT2D eigenvalue weighted by Crippen LogP contribution is -2.27. The van der Waals surface area contributed by atoms with Crippen molar-refractivity contribution < 1.29 is 23.5 Å². The van der Waals surface area contributed by atoms with Crippen LogP contribution in [0.3, 0.4) is 0 Å². The van der Waals surface area contributed by atoms with Crippen LogP contribution in [0, 0.1) is 5.82 Å². The van der Waals surface area contributed by atoms with Gasteiger partial charge in [-0.1, -0.05) is 0 Å². The summed E-state index contributed by atoms with van der Waals surface area (Å²) in [5.41, 5.74) is 2.00. The van der Waals surface area contributed by atoms with Gasteiger partial charge in [-0.25, -0.2) is 18.7 Å². The molecular weight excluding hydrogens is 351 g/mol. The van der Waals surface area contributed by atoms with Gasteiger partial charge in [0.1, 0.15) is 11.4 Å². The molecule has 27 heavy (non-hydrogen) atoms. The Bertz CT molecular complexity index is 850. The zero-order chi connectivity index (χ0) is 19.6. The first-order valence-electron chi connectivity index (χ1n) is 9.00. The van der Waals surface area contributed by atoms with E-state index in [2.05, 4.69) is 5.10 Å². The van der Waals surface area contributed by atoms with Crippen molar-refractivity contribution in [2.24, 2.45) is 0 Å². The minimum absolute atomic E-state index is 0.206. The van der Waals surface area contributed by atoms with Crippen LogP contribution in [0.15, 0.2) is 24.3 Å². The van der Waals surface area contributed by atoms with Crippen molar-refractivity contribution in [1.29, 1.82) is 0 Å². The van der Waals surface area contributed by atoms with Gasteiger partial charge in [0, 0.05) is 11.3 Å². The number of nitrogens with zero attached hydrogens (tertiary/aromatic N) is 2. The Hall–Kier alpha value is -2.70. The van der Waals surface area contributed by atoms with Crippen LogP contribution >= 0.6 is 0 Å². The van der Waals surface area contributed by atoms with Crippen LogP contribution in [0.5, 0.6) is 0 Å². The predicted octanol–water partition coefficient (Wildman–Crippen LogP) is 3.39. The largest absolute Gasteiger partial charge is 0.457 e. The zero-order valence-electron chi connectivity index (χ0n) is 15.8. The number of hydrogen-bond donors (Lipinski definition) is 0. The van der Waals surface area contributed by atoms with Gasteiger partial charge in [-0.15, -0.1) is 0 Å². The molecular formula is C20H23FN2O4. The molecule has 1 aromatic heterocycles. The van der Waals surface area contributed by atoms with E-state index in [9.17, 15) is 14.0 Å². The standard InChI is InChI=1S/C20H23FN2O4/c1-20(2,3)27-17(24)12-26-19(25)18-15-6-4-5-7-16(15)23(22-18)14-10-8-13(21)9-11-14/h8-11H,4-7,12H2,1-3H3. The van der Waals surface area contributed by atoms with Gasteiger partial charge in [0.05, 0.1) is 5.69 Å². The second-order valence-corrected chi connectivity index (χ2v) is 7.53. The third-order valence-corrected chi connectivity index (χ3v) is 4.19. The predicted molar refractivity (Wildman–Crippen MR) is 96.3 cm³/mol. The lowest BCUT2D eigenvalue weighted by atomic mass is 9.95. The van der Waals surface area contributed by atoms with Crippen molar-refractivity contribution in [2.75, 3.05) is 6.61 Å². The average molecular weight is 374 g/mol. The summed E-state index contributed by atoms with van der Waals surface area (Å²) in [5, 5.41) is 4.41. The van der Waals surface area contributed by atoms with E-state index in [0.29, 0.717) is 12.1 Å². The number of carbonyl (C=O) groups excluding carboxylic acids is 2. The monoisotopic (exact) mass is 374 g/mol. The van der Waals surface area contributed by atoms with Gasteiger partial charge in [0.15, 0.2) is 12.3 Å². The highest BCUT2D eigenvalue weighted by Gasteiger charge is 2.27. The molecule has 0 spiro atoms. The Kier molecular flexibility index (Phi) is 5.30. The number of hydrogen-bond acceptors (Lipinski definition) is 5. The quantitative estimate of drug-likeness (QED) is 0.767. The van der Waals surface area contributed by atoms with Crippen molar-refractivity contribution >= 4 is 11.9 Å². The van der Waals surface area contributed by atoms with Crippen molar-refractivity contribution in [2.45, 2.75) is 52.1 Å². The summed E-state index contributed by atoms with van der Waals surface area (Å²) in [6, 6.07) is 5.94. The van der Waals surface area contributed by atoms with Gasteiger partial charge in [0.25, 0.3) is 0 Å². The Morgan fingerprint density at radius 1 is 1.15 bits per heavy atom. The van der Waals surface area contributed by atoms with E-state index in [0.717, 1.165) is 30.5 Å². The number of ether oxygens (including phenoxy) is 2. The number of esters is 2. The Morgan fingerprint density at radius 3 is 2.48 bits per heavy atom. The molecule has 6 nitrogen and oxygen atoms in total. The molecule has 0 unspecified atom stereocenters. The molecule has 0 fully saturated rings. The number of benzene rings is 1. The number of rotatable bonds is 4. The summed E-state index contributed by atoms with van der Waals surface area (Å²) in [7, 11) is 0. The first-order chi connectivity index (χ1) is 12.7. The van der Waals surface area contributed by atoms with Crippen LogP contribution < -0.4 is 0 Å². The fourth-order valence-corrected chi connectivity index (χ4v) is 3.12. The molecule has 0 N–H and O–H groups in total. The van der Waals surface area contributed by atoms with Crippen molar-refractivity contribution in [1.82, 2.24) is 9.78 Å². The molecule has 1 aliphatic rings. The number of halogens is 1. The highest BCUT2D eigenvalue weighted by Crippen LogP contribution is 2.27. The molecule has 0 atom stereocenters. The molecule has 1 heterocycles. The molecule has 2 aromatic rings. The van der Waals surface area contributed by atoms with Gasteiger partial charge in [-0.3, -0.25) is 0 Å². The Morgan fingerprint density at radius 2 is 1.81 bits per heavy atom. The van der Waals surface area contributed by atoms with E-state index >= 15 is 0 Å². The summed E-state index contributed by atoms with van der Waals surface area (Å²) in [6.45, 7) is 4.77. The highest BCUT2D eigenvalue weighted by molar-refractivity contribution is 5.90. The van der Waals surface area contributed by atoms with Crippen molar-refractivity contribution in [3.8, 4) is 5.69 Å². The molecule has 144 valence electrons. The SMILES string of the molecule is CC(C)(C)OC(=O)COC(=O)c1nn(-c2ccc(F)cc2)c2c1CCCC2. The lowest BCUT2D eigenvalue weighted by molar-refractivity contribution is -0.158. The summed E-state index contributed by atoms with van der Waals surface area (Å²) >= 11 is 0. The van der Waals surface area contributed by atoms with Gasteiger partial charge in [0.2, 0.25) is 0 Å². The van der Waals surface area contributed by atoms with Crippen LogP contribution in [0.1, 0.15) is 55.4 Å². The second kappa shape index (κ2) is 7.50. The van der Waals surface area contributed by atoms with E-state index in [1.807, 2.05) is 0 Å². The maximum absolute atomic E-state index is 13.2. The van der Waals surface area contributed by atoms with Crippen LogP contribution in [-0.2, 0) is 27.1 Å².